The van der Waals surface area contributed by atoms with Crippen molar-refractivity contribution >= 4 is 51.0 Å². The third-order valence-corrected chi connectivity index (χ3v) is 10.6. The highest BCUT2D eigenvalue weighted by molar-refractivity contribution is 6.12. The van der Waals surface area contributed by atoms with Crippen molar-refractivity contribution in [2.45, 2.75) is 68.2 Å². The van der Waals surface area contributed by atoms with Crippen molar-refractivity contribution in [1.82, 2.24) is 0 Å². The molecule has 1 aliphatic rings. The van der Waals surface area contributed by atoms with E-state index in [1.165, 1.54) is 101 Å². The predicted octanol–water partition coefficient (Wildman–Crippen LogP) is 13.2. The van der Waals surface area contributed by atoms with Crippen LogP contribution in [0.25, 0.3) is 16.8 Å². The van der Waals surface area contributed by atoms with E-state index in [4.69, 9.17) is 0 Å². The Bertz CT molecular complexity index is 2130. The van der Waals surface area contributed by atoms with Gasteiger partial charge >= 0.3 is 0 Å². The monoisotopic (exact) mass is 626 g/mol. The highest BCUT2D eigenvalue weighted by Crippen LogP contribution is 2.52. The van der Waals surface area contributed by atoms with Gasteiger partial charge in [0.15, 0.2) is 0 Å². The van der Waals surface area contributed by atoms with Crippen LogP contribution in [0.15, 0.2) is 103 Å². The van der Waals surface area contributed by atoms with Crippen molar-refractivity contribution in [3.8, 4) is 0 Å². The van der Waals surface area contributed by atoms with E-state index in [9.17, 15) is 0 Å². The topological polar surface area (TPSA) is 6.48 Å². The van der Waals surface area contributed by atoms with Gasteiger partial charge in [0.1, 0.15) is 0 Å². The molecule has 240 valence electrons. The number of hydrogen-bond acceptors (Lipinski definition) is 2. The predicted molar refractivity (Wildman–Crippen MR) is 209 cm³/mol. The van der Waals surface area contributed by atoms with Gasteiger partial charge in [-0.25, -0.2) is 0 Å². The van der Waals surface area contributed by atoms with E-state index >= 15 is 0 Å². The normalized spacial score (nSPS) is 12.3. The van der Waals surface area contributed by atoms with E-state index < -0.39 is 0 Å². The molecule has 0 saturated heterocycles. The maximum absolute atomic E-state index is 2.53. The molecule has 0 N–H and O–H groups in total. The van der Waals surface area contributed by atoms with Gasteiger partial charge in [-0.05, 0) is 167 Å². The van der Waals surface area contributed by atoms with E-state index in [0.717, 1.165) is 12.8 Å². The fourth-order valence-electron chi connectivity index (χ4n) is 7.11. The summed E-state index contributed by atoms with van der Waals surface area (Å²) in [7, 11) is 0. The molecule has 7 rings (SSSR count). The third-order valence-electron chi connectivity index (χ3n) is 10.6. The number of rotatable bonds is 6. The van der Waals surface area contributed by atoms with E-state index in [1.54, 1.807) is 0 Å². The minimum atomic E-state index is 0.971. The smallest absolute Gasteiger partial charge is 0.0616 e. The molecule has 2 nitrogen and oxygen atoms in total. The molecule has 0 bridgehead atoms. The number of fused-ring (bicyclic) bond motifs is 2. The molecule has 6 aromatic rings. The quantitative estimate of drug-likeness (QED) is 0.170. The zero-order valence-electron chi connectivity index (χ0n) is 29.7. The Balaban J connectivity index is 1.61. The number of anilines is 6. The van der Waals surface area contributed by atoms with Crippen LogP contribution in [-0.4, -0.2) is 0 Å². The maximum atomic E-state index is 2.53. The summed E-state index contributed by atoms with van der Waals surface area (Å²) in [4.78, 5) is 5.04. The number of benzene rings is 6. The van der Waals surface area contributed by atoms with Crippen molar-refractivity contribution in [1.29, 1.82) is 0 Å². The Hall–Kier alpha value is -5.08. The minimum Gasteiger partial charge on any atom is -0.310 e. The Morgan fingerprint density at radius 2 is 0.792 bits per heavy atom. The van der Waals surface area contributed by atoms with E-state index in [1.807, 2.05) is 0 Å². The van der Waals surface area contributed by atoms with E-state index in [2.05, 4.69) is 174 Å². The van der Waals surface area contributed by atoms with Crippen LogP contribution in [0.4, 0.5) is 34.1 Å². The van der Waals surface area contributed by atoms with Gasteiger partial charge in [0.05, 0.1) is 11.4 Å². The van der Waals surface area contributed by atoms with Crippen molar-refractivity contribution < 1.29 is 0 Å². The molecule has 0 saturated carbocycles. The zero-order valence-corrected chi connectivity index (χ0v) is 29.7. The second kappa shape index (κ2) is 12.5. The number of allylic oxidation sites excluding steroid dienone is 1. The van der Waals surface area contributed by atoms with Gasteiger partial charge in [0, 0.05) is 39.1 Å². The van der Waals surface area contributed by atoms with Crippen LogP contribution in [0.3, 0.4) is 0 Å². The maximum Gasteiger partial charge on any atom is 0.0616 e. The summed E-state index contributed by atoms with van der Waals surface area (Å²) in [5.41, 5.74) is 20.4. The molecule has 0 aliphatic heterocycles. The fraction of sp³-hybridized carbons (Fsp3) is 0.217. The van der Waals surface area contributed by atoms with Crippen LogP contribution < -0.4 is 9.80 Å². The lowest BCUT2D eigenvalue weighted by Gasteiger charge is -2.36. The first kappa shape index (κ1) is 31.5. The Morgan fingerprint density at radius 3 is 1.19 bits per heavy atom. The van der Waals surface area contributed by atoms with Crippen LogP contribution in [0, 0.1) is 55.4 Å². The molecule has 2 heteroatoms. The molecule has 0 heterocycles. The SMILES string of the molecule is Cc1ccc(N(c2ccc(C)c(C)c2)c2c3c(c(N(c4ccc(C)c(C)c4)c4ccc(C)c(C)c4)c4ccccc24)CCC=C3)cc1C. The summed E-state index contributed by atoms with van der Waals surface area (Å²) in [5.74, 6) is 0. The lowest BCUT2D eigenvalue weighted by Crippen LogP contribution is -2.19. The first-order valence-corrected chi connectivity index (χ1v) is 17.3. The van der Waals surface area contributed by atoms with Gasteiger partial charge in [-0.3, -0.25) is 0 Å². The molecule has 0 fully saturated rings. The van der Waals surface area contributed by atoms with Crippen LogP contribution >= 0.6 is 0 Å². The molecule has 0 atom stereocenters. The molecule has 0 unspecified atom stereocenters. The van der Waals surface area contributed by atoms with Crippen LogP contribution in [0.2, 0.25) is 0 Å². The molecule has 0 radical (unpaired) electrons. The molecule has 0 aromatic heterocycles. The summed E-state index contributed by atoms with van der Waals surface area (Å²) in [6.07, 6.45) is 6.73. The van der Waals surface area contributed by atoms with Gasteiger partial charge in [-0.1, -0.05) is 60.7 Å². The van der Waals surface area contributed by atoms with Crippen molar-refractivity contribution in [3.63, 3.8) is 0 Å². The van der Waals surface area contributed by atoms with Gasteiger partial charge in [0.2, 0.25) is 0 Å². The lowest BCUT2D eigenvalue weighted by molar-refractivity contribution is 0.981. The Kier molecular flexibility index (Phi) is 8.21. The second-order valence-electron chi connectivity index (χ2n) is 13.8. The van der Waals surface area contributed by atoms with Crippen LogP contribution in [-0.2, 0) is 6.42 Å². The largest absolute Gasteiger partial charge is 0.310 e. The molecule has 0 amide bonds. The minimum absolute atomic E-state index is 0.971. The highest BCUT2D eigenvalue weighted by Gasteiger charge is 2.29. The number of aryl methyl sites for hydroxylation is 8. The average Bonchev–Trinajstić information content (AvgIpc) is 3.08. The van der Waals surface area contributed by atoms with Crippen LogP contribution in [0.5, 0.6) is 0 Å². The number of hydrogen-bond donors (Lipinski definition) is 0. The first-order valence-electron chi connectivity index (χ1n) is 17.3. The second-order valence-corrected chi connectivity index (χ2v) is 13.8. The van der Waals surface area contributed by atoms with Gasteiger partial charge < -0.3 is 9.80 Å². The summed E-state index contributed by atoms with van der Waals surface area (Å²) in [6, 6.07) is 36.7. The highest BCUT2D eigenvalue weighted by atomic mass is 15.2. The zero-order chi connectivity index (χ0) is 33.7. The van der Waals surface area contributed by atoms with Crippen molar-refractivity contribution in [3.05, 3.63) is 159 Å². The van der Waals surface area contributed by atoms with Crippen LogP contribution in [0.1, 0.15) is 62.1 Å². The molecular formula is C46H46N2. The molecular weight excluding hydrogens is 581 g/mol. The summed E-state index contributed by atoms with van der Waals surface area (Å²) < 4.78 is 0. The summed E-state index contributed by atoms with van der Waals surface area (Å²) in [5, 5.41) is 2.50. The van der Waals surface area contributed by atoms with Crippen molar-refractivity contribution in [2.24, 2.45) is 0 Å². The van der Waals surface area contributed by atoms with E-state index in [-0.39, 0.29) is 0 Å². The van der Waals surface area contributed by atoms with E-state index in [0.29, 0.717) is 0 Å². The lowest BCUT2D eigenvalue weighted by atomic mass is 9.87. The third kappa shape index (κ3) is 5.50. The molecule has 48 heavy (non-hydrogen) atoms. The van der Waals surface area contributed by atoms with Gasteiger partial charge in [0.25, 0.3) is 0 Å². The first-order chi connectivity index (χ1) is 23.1. The molecule has 0 spiro atoms. The van der Waals surface area contributed by atoms with Crippen molar-refractivity contribution in [2.75, 3.05) is 9.80 Å². The summed E-state index contributed by atoms with van der Waals surface area (Å²) >= 11 is 0. The summed E-state index contributed by atoms with van der Waals surface area (Å²) in [6.45, 7) is 17.7. The Labute approximate surface area is 287 Å². The standard InChI is InChI=1S/C46H46N2/c1-29-17-21-37(25-33(29)5)47(38-22-18-30(2)34(6)26-38)45-41-13-9-11-15-43(41)46(44-16-12-10-14-42(44)45)48(39-23-19-31(3)35(7)27-39)40-24-20-32(4)36(8)28-40/h9-11,13-15,17-28H,12,16H2,1-8H3. The molecule has 6 aromatic carbocycles. The average molecular weight is 627 g/mol. The van der Waals surface area contributed by atoms with Gasteiger partial charge in [-0.15, -0.1) is 0 Å². The molecule has 1 aliphatic carbocycles. The number of nitrogens with zero attached hydrogens (tertiary/aromatic N) is 2. The fourth-order valence-corrected chi connectivity index (χ4v) is 7.11. The van der Waals surface area contributed by atoms with Gasteiger partial charge in [-0.2, -0.15) is 0 Å². The Morgan fingerprint density at radius 1 is 0.417 bits per heavy atom.